The van der Waals surface area contributed by atoms with Gasteiger partial charge in [0.2, 0.25) is 0 Å². The van der Waals surface area contributed by atoms with Crippen molar-refractivity contribution in [2.24, 2.45) is 29.6 Å². The molecule has 0 N–H and O–H groups in total. The fourth-order valence-corrected chi connectivity index (χ4v) is 9.92. The van der Waals surface area contributed by atoms with Gasteiger partial charge in [0.15, 0.2) is 0 Å². The summed E-state index contributed by atoms with van der Waals surface area (Å²) in [7, 11) is 0. The topological polar surface area (TPSA) is 64.0 Å². The zero-order valence-corrected chi connectivity index (χ0v) is 51.3. The van der Waals surface area contributed by atoms with Gasteiger partial charge in [0.1, 0.15) is 30.8 Å². The second kappa shape index (κ2) is 32.9. The van der Waals surface area contributed by atoms with E-state index in [2.05, 4.69) is 226 Å². The Balaban J connectivity index is 0.000000197. The van der Waals surface area contributed by atoms with Crippen LogP contribution < -0.4 is 9.47 Å². The van der Waals surface area contributed by atoms with Crippen molar-refractivity contribution in [2.75, 3.05) is 26.4 Å². The summed E-state index contributed by atoms with van der Waals surface area (Å²) in [6.45, 7) is 26.9. The number of epoxide rings is 1. The van der Waals surface area contributed by atoms with E-state index in [1.165, 1.54) is 87.7 Å². The van der Waals surface area contributed by atoms with Crippen LogP contribution in [0.25, 0.3) is 0 Å². The molecule has 0 spiro atoms. The highest BCUT2D eigenvalue weighted by Crippen LogP contribution is 2.40. The van der Waals surface area contributed by atoms with Crippen LogP contribution in [0, 0.1) is 54.8 Å². The van der Waals surface area contributed by atoms with Gasteiger partial charge in [-0.05, 0) is 166 Å². The Morgan fingerprint density at radius 3 is 1.70 bits per heavy atom. The summed E-state index contributed by atoms with van der Waals surface area (Å²) in [6, 6.07) is 56.4. The third-order valence-electron chi connectivity index (χ3n) is 16.7. The van der Waals surface area contributed by atoms with E-state index in [0.29, 0.717) is 31.2 Å². The van der Waals surface area contributed by atoms with E-state index in [1.807, 2.05) is 38.1 Å². The SMILES string of the molecule is CC.CCC(C)CC(C#N)COc1ccc(C(C)(c2ccccc2)c2ccc(C)cc2)cc1.CCC(C)CCc1ccc(CC2=CC=CC(C(C)(CC)OCC3CC3)C=C2)cc1.Cc1ccc(Cc2ccc(OCC3CO3)cc2)cc1. The molecule has 0 bridgehead atoms. The minimum atomic E-state index is -0.265. The third-order valence-corrected chi connectivity index (χ3v) is 16.7. The average molecular weight is 1090 g/mol. The smallest absolute Gasteiger partial charge is 0.119 e. The second-order valence-corrected chi connectivity index (χ2v) is 23.3. The van der Waals surface area contributed by atoms with Gasteiger partial charge in [0.25, 0.3) is 0 Å². The molecule has 9 rings (SSSR count). The maximum atomic E-state index is 9.44. The summed E-state index contributed by atoms with van der Waals surface area (Å²) in [5.74, 6) is 4.16. The highest BCUT2D eigenvalue weighted by atomic mass is 16.6. The van der Waals surface area contributed by atoms with Crippen LogP contribution >= 0.6 is 0 Å². The Morgan fingerprint density at radius 2 is 1.14 bits per heavy atom. The number of nitriles is 1. The summed E-state index contributed by atoms with van der Waals surface area (Å²) in [5, 5.41) is 9.44. The zero-order valence-electron chi connectivity index (χ0n) is 51.3. The molecular weight excluding hydrogens is 991 g/mol. The average Bonchev–Trinajstić information content (AvgIpc) is 4.63. The van der Waals surface area contributed by atoms with Gasteiger partial charge < -0.3 is 18.9 Å². The van der Waals surface area contributed by atoms with Gasteiger partial charge in [-0.15, -0.1) is 0 Å². The van der Waals surface area contributed by atoms with Gasteiger partial charge in [0, 0.05) is 11.3 Å². The lowest BCUT2D eigenvalue weighted by molar-refractivity contribution is -0.0572. The van der Waals surface area contributed by atoms with Crippen LogP contribution in [-0.2, 0) is 34.2 Å². The highest BCUT2D eigenvalue weighted by Gasteiger charge is 2.34. The first-order valence-corrected chi connectivity index (χ1v) is 30.7. The summed E-state index contributed by atoms with van der Waals surface area (Å²) in [6.07, 6.45) is 23.2. The quantitative estimate of drug-likeness (QED) is 0.0422. The van der Waals surface area contributed by atoms with Gasteiger partial charge in [-0.1, -0.05) is 230 Å². The third kappa shape index (κ3) is 20.8. The molecule has 1 heterocycles. The molecule has 3 aliphatic rings. The Morgan fingerprint density at radius 1 is 0.617 bits per heavy atom. The molecule has 5 heteroatoms. The summed E-state index contributed by atoms with van der Waals surface area (Å²) in [4.78, 5) is 0. The first kappa shape index (κ1) is 63.7. The first-order chi connectivity index (χ1) is 39.3. The summed E-state index contributed by atoms with van der Waals surface area (Å²) in [5.41, 5.74) is 12.8. The van der Waals surface area contributed by atoms with Gasteiger partial charge in [-0.25, -0.2) is 0 Å². The predicted molar refractivity (Wildman–Crippen MR) is 340 cm³/mol. The fourth-order valence-electron chi connectivity index (χ4n) is 9.92. The van der Waals surface area contributed by atoms with Crippen molar-refractivity contribution in [1.29, 1.82) is 5.26 Å². The standard InChI is InChI=1S/C29H33NO.C28H40O.C17H18O2.C2H6/c1-5-22(2)19-24(20-30)21-31-28-17-15-27(16-18-28)29(4,25-9-7-6-8-10-25)26-13-11-23(3)12-14-26;1-5-22(3)10-11-23-12-14-25(15-13-23)20-24-8-7-9-27(19-18-24)28(4,6-2)29-21-26-16-17-26;1-13-2-4-14(5-3-13)10-15-6-8-16(9-7-15)18-11-17-12-19-17;1-2/h6-18,22,24H,5,19,21H2,1-4H3;7-9,12-15,18-19,22,26-27H,5-6,10-11,16-17,20-21H2,1-4H3;2-9,17H,10-12H2,1H3;1-2H3. The lowest BCUT2D eigenvalue weighted by Crippen LogP contribution is -2.36. The van der Waals surface area contributed by atoms with Crippen molar-refractivity contribution in [1.82, 2.24) is 0 Å². The molecule has 6 aromatic carbocycles. The lowest BCUT2D eigenvalue weighted by Gasteiger charge is -2.34. The van der Waals surface area contributed by atoms with Crippen molar-refractivity contribution in [3.63, 3.8) is 0 Å². The van der Waals surface area contributed by atoms with E-state index in [9.17, 15) is 5.26 Å². The zero-order chi connectivity index (χ0) is 58.0. The fraction of sp³-hybridized carbons (Fsp3) is 0.434. The second-order valence-electron chi connectivity index (χ2n) is 23.3. The number of rotatable bonds is 25. The molecule has 2 fully saturated rings. The number of nitrogens with zero attached hydrogens (tertiary/aromatic N) is 1. The van der Waals surface area contributed by atoms with Crippen LogP contribution in [0.4, 0.5) is 0 Å². The maximum absolute atomic E-state index is 9.44. The van der Waals surface area contributed by atoms with Gasteiger partial charge in [-0.2, -0.15) is 5.26 Å². The molecule has 2 aliphatic carbocycles. The van der Waals surface area contributed by atoms with E-state index in [-0.39, 0.29) is 16.9 Å². The lowest BCUT2D eigenvalue weighted by atomic mass is 9.71. The van der Waals surface area contributed by atoms with Crippen molar-refractivity contribution >= 4 is 0 Å². The molecule has 1 saturated heterocycles. The molecular formula is C76H97NO4. The molecule has 81 heavy (non-hydrogen) atoms. The van der Waals surface area contributed by atoms with Crippen molar-refractivity contribution < 1.29 is 18.9 Å². The van der Waals surface area contributed by atoms with E-state index < -0.39 is 0 Å². The minimum Gasteiger partial charge on any atom is -0.492 e. The normalized spacial score (nSPS) is 17.7. The van der Waals surface area contributed by atoms with E-state index in [0.717, 1.165) is 68.7 Å². The predicted octanol–water partition coefficient (Wildman–Crippen LogP) is 19.2. The van der Waals surface area contributed by atoms with Crippen LogP contribution in [0.3, 0.4) is 0 Å². The van der Waals surface area contributed by atoms with Crippen molar-refractivity contribution in [3.8, 4) is 17.6 Å². The van der Waals surface area contributed by atoms with Crippen LogP contribution in [0.15, 0.2) is 188 Å². The van der Waals surface area contributed by atoms with Crippen molar-refractivity contribution in [2.45, 2.75) is 157 Å². The molecule has 1 aliphatic heterocycles. The Labute approximate surface area is 490 Å². The monoisotopic (exact) mass is 1090 g/mol. The molecule has 1 saturated carbocycles. The Hall–Kier alpha value is -6.45. The number of benzene rings is 6. The molecule has 7 unspecified atom stereocenters. The molecule has 5 nitrogen and oxygen atoms in total. The van der Waals surface area contributed by atoms with E-state index in [4.69, 9.17) is 18.9 Å². The van der Waals surface area contributed by atoms with E-state index in [1.54, 1.807) is 0 Å². The van der Waals surface area contributed by atoms with Crippen molar-refractivity contribution in [3.05, 3.63) is 238 Å². The Bertz CT molecular complexity index is 2850. The van der Waals surface area contributed by atoms with Gasteiger partial charge in [0.05, 0.1) is 30.8 Å². The molecule has 7 atom stereocenters. The first-order valence-electron chi connectivity index (χ1n) is 30.7. The Kier molecular flexibility index (Phi) is 25.8. The maximum Gasteiger partial charge on any atom is 0.119 e. The number of aryl methyl sites for hydroxylation is 3. The molecule has 0 radical (unpaired) electrons. The summed E-state index contributed by atoms with van der Waals surface area (Å²) >= 11 is 0. The van der Waals surface area contributed by atoms with Crippen LogP contribution in [-0.4, -0.2) is 38.1 Å². The van der Waals surface area contributed by atoms with Crippen LogP contribution in [0.5, 0.6) is 11.5 Å². The molecule has 0 amide bonds. The van der Waals surface area contributed by atoms with E-state index >= 15 is 0 Å². The molecule has 0 aromatic heterocycles. The number of hydrogen-bond donors (Lipinski definition) is 0. The minimum absolute atomic E-state index is 0.0724. The van der Waals surface area contributed by atoms with Crippen LogP contribution in [0.2, 0.25) is 0 Å². The molecule has 430 valence electrons. The molecule has 6 aromatic rings. The number of ether oxygens (including phenoxy) is 4. The summed E-state index contributed by atoms with van der Waals surface area (Å²) < 4.78 is 23.1. The van der Waals surface area contributed by atoms with Gasteiger partial charge in [-0.3, -0.25) is 0 Å². The van der Waals surface area contributed by atoms with Gasteiger partial charge >= 0.3 is 0 Å². The largest absolute Gasteiger partial charge is 0.492 e. The number of allylic oxidation sites excluding steroid dienone is 4. The highest BCUT2D eigenvalue weighted by molar-refractivity contribution is 5.51. The van der Waals surface area contributed by atoms with Crippen LogP contribution in [0.1, 0.15) is 157 Å². The number of hydrogen-bond acceptors (Lipinski definition) is 5.